The molecule has 0 N–H and O–H groups in total. The molecule has 0 aliphatic carbocycles. The topological polar surface area (TPSA) is 16.4 Å². The lowest BCUT2D eigenvalue weighted by Crippen LogP contribution is -2.10. The Labute approximate surface area is 287 Å². The summed E-state index contributed by atoms with van der Waals surface area (Å²) in [5.74, 6) is 0. The first-order valence-electron chi connectivity index (χ1n) is 16.6. The van der Waals surface area contributed by atoms with Crippen LogP contribution < -0.4 is 4.90 Å². The number of nitrogens with zero attached hydrogens (tertiary/aromatic N) is 1. The number of para-hydroxylation sites is 2. The van der Waals surface area contributed by atoms with Crippen LogP contribution in [-0.4, -0.2) is 0 Å². The van der Waals surface area contributed by atoms with Crippen LogP contribution in [0.25, 0.3) is 75.1 Å². The van der Waals surface area contributed by atoms with Crippen LogP contribution >= 0.6 is 11.3 Å². The number of fused-ring (bicyclic) bond motifs is 7. The molecule has 49 heavy (non-hydrogen) atoms. The standard InChI is InChI=1S/C46H29NOS/c1-2-11-30(12-3-1)34-25-35(33-22-24-40-39-16-7-9-20-44(39)49-45(40)29-33)28-37(27-34)47(36-23-21-31-13-4-5-14-32(31)26-36)42-18-10-17-41-38-15-6-8-19-43(38)48-46(41)42/h1-29H. The molecule has 0 unspecified atom stereocenters. The van der Waals surface area contributed by atoms with E-state index in [1.807, 2.05) is 17.4 Å². The average Bonchev–Trinajstić information content (AvgIpc) is 3.74. The number of rotatable bonds is 5. The maximum Gasteiger partial charge on any atom is 0.159 e. The predicted octanol–water partition coefficient (Wildman–Crippen LogP) is 13.9. The van der Waals surface area contributed by atoms with Crippen LogP contribution in [0, 0.1) is 0 Å². The Hall–Kier alpha value is -6.16. The highest BCUT2D eigenvalue weighted by atomic mass is 32.1. The molecule has 0 radical (unpaired) electrons. The third-order valence-electron chi connectivity index (χ3n) is 9.61. The van der Waals surface area contributed by atoms with Gasteiger partial charge in [0.15, 0.2) is 5.58 Å². The predicted molar refractivity (Wildman–Crippen MR) is 210 cm³/mol. The second-order valence-electron chi connectivity index (χ2n) is 12.6. The molecule has 0 spiro atoms. The fourth-order valence-electron chi connectivity index (χ4n) is 7.26. The number of thiophene rings is 1. The zero-order valence-electron chi connectivity index (χ0n) is 26.5. The fraction of sp³-hybridized carbons (Fsp3) is 0. The number of benzene rings is 8. The highest BCUT2D eigenvalue weighted by Crippen LogP contribution is 2.45. The van der Waals surface area contributed by atoms with Gasteiger partial charge < -0.3 is 9.32 Å². The molecule has 0 atom stereocenters. The van der Waals surface area contributed by atoms with Gasteiger partial charge in [-0.25, -0.2) is 0 Å². The molecule has 10 rings (SSSR count). The van der Waals surface area contributed by atoms with Crippen molar-refractivity contribution in [1.29, 1.82) is 0 Å². The molecule has 8 aromatic carbocycles. The largest absolute Gasteiger partial charge is 0.454 e. The Balaban J connectivity index is 1.25. The summed E-state index contributed by atoms with van der Waals surface area (Å²) in [6, 6.07) is 63.3. The van der Waals surface area contributed by atoms with Gasteiger partial charge >= 0.3 is 0 Å². The van der Waals surface area contributed by atoms with E-state index < -0.39 is 0 Å². The second kappa shape index (κ2) is 11.2. The molecule has 0 amide bonds. The van der Waals surface area contributed by atoms with Crippen LogP contribution in [0.2, 0.25) is 0 Å². The van der Waals surface area contributed by atoms with Gasteiger partial charge in [0.25, 0.3) is 0 Å². The summed E-state index contributed by atoms with van der Waals surface area (Å²) < 4.78 is 9.27. The molecular weight excluding hydrogens is 615 g/mol. The quantitative estimate of drug-likeness (QED) is 0.186. The molecule has 0 fully saturated rings. The first-order valence-corrected chi connectivity index (χ1v) is 17.4. The Morgan fingerprint density at radius 3 is 2.00 bits per heavy atom. The lowest BCUT2D eigenvalue weighted by Gasteiger charge is -2.27. The summed E-state index contributed by atoms with van der Waals surface area (Å²) in [5.41, 5.74) is 9.59. The lowest BCUT2D eigenvalue weighted by molar-refractivity contribution is 0.669. The Bertz CT molecular complexity index is 2840. The minimum absolute atomic E-state index is 0.871. The first kappa shape index (κ1) is 27.9. The highest BCUT2D eigenvalue weighted by molar-refractivity contribution is 7.25. The van der Waals surface area contributed by atoms with Gasteiger partial charge in [-0.15, -0.1) is 11.3 Å². The zero-order valence-corrected chi connectivity index (χ0v) is 27.3. The summed E-state index contributed by atoms with van der Waals surface area (Å²) in [5, 5.41) is 7.24. The van der Waals surface area contributed by atoms with E-state index >= 15 is 0 Å². The van der Waals surface area contributed by atoms with E-state index in [0.717, 1.165) is 44.6 Å². The molecule has 2 heterocycles. The van der Waals surface area contributed by atoms with E-state index in [1.165, 1.54) is 47.6 Å². The zero-order chi connectivity index (χ0) is 32.3. The fourth-order valence-corrected chi connectivity index (χ4v) is 8.41. The smallest absolute Gasteiger partial charge is 0.159 e. The van der Waals surface area contributed by atoms with E-state index in [2.05, 4.69) is 175 Å². The van der Waals surface area contributed by atoms with Crippen molar-refractivity contribution in [1.82, 2.24) is 0 Å². The monoisotopic (exact) mass is 643 g/mol. The van der Waals surface area contributed by atoms with Gasteiger partial charge in [0.1, 0.15) is 5.58 Å². The van der Waals surface area contributed by atoms with E-state index in [-0.39, 0.29) is 0 Å². The Morgan fingerprint density at radius 1 is 0.388 bits per heavy atom. The van der Waals surface area contributed by atoms with Crippen LogP contribution in [0.1, 0.15) is 0 Å². The van der Waals surface area contributed by atoms with Crippen LogP contribution in [-0.2, 0) is 0 Å². The van der Waals surface area contributed by atoms with E-state index in [4.69, 9.17) is 4.42 Å². The molecule has 230 valence electrons. The molecule has 3 heteroatoms. The van der Waals surface area contributed by atoms with Crippen molar-refractivity contribution in [3.63, 3.8) is 0 Å². The van der Waals surface area contributed by atoms with Crippen LogP contribution in [0.3, 0.4) is 0 Å². The molecule has 10 aromatic rings. The summed E-state index contributed by atoms with van der Waals surface area (Å²) in [4.78, 5) is 2.37. The maximum atomic E-state index is 6.66. The lowest BCUT2D eigenvalue weighted by atomic mass is 9.96. The van der Waals surface area contributed by atoms with Crippen molar-refractivity contribution < 1.29 is 4.42 Å². The number of hydrogen-bond acceptors (Lipinski definition) is 3. The number of furan rings is 1. The SMILES string of the molecule is c1ccc(-c2cc(-c3ccc4c(c3)sc3ccccc34)cc(N(c3ccc4ccccc4c3)c3cccc4c3oc3ccccc34)c2)cc1. The summed E-state index contributed by atoms with van der Waals surface area (Å²) in [6.45, 7) is 0. The molecule has 2 nitrogen and oxygen atoms in total. The Kier molecular flexibility index (Phi) is 6.39. The van der Waals surface area contributed by atoms with Crippen molar-refractivity contribution in [3.8, 4) is 22.3 Å². The van der Waals surface area contributed by atoms with E-state index in [9.17, 15) is 0 Å². The van der Waals surface area contributed by atoms with Crippen molar-refractivity contribution in [3.05, 3.63) is 176 Å². The molecule has 0 saturated carbocycles. The number of hydrogen-bond donors (Lipinski definition) is 0. The van der Waals surface area contributed by atoms with Gasteiger partial charge in [0, 0.05) is 42.3 Å². The molecule has 0 aliphatic heterocycles. The molecule has 0 saturated heterocycles. The van der Waals surface area contributed by atoms with Crippen molar-refractivity contribution in [2.24, 2.45) is 0 Å². The minimum atomic E-state index is 0.871. The molecule has 0 bridgehead atoms. The third-order valence-corrected chi connectivity index (χ3v) is 10.7. The van der Waals surface area contributed by atoms with Gasteiger partial charge in [-0.3, -0.25) is 0 Å². The first-order chi connectivity index (χ1) is 24.3. The van der Waals surface area contributed by atoms with Crippen LogP contribution in [0.4, 0.5) is 17.1 Å². The summed E-state index contributed by atoms with van der Waals surface area (Å²) in [7, 11) is 0. The molecular formula is C46H29NOS. The van der Waals surface area contributed by atoms with Gasteiger partial charge in [0.2, 0.25) is 0 Å². The molecule has 0 aliphatic rings. The summed E-state index contributed by atoms with van der Waals surface area (Å²) >= 11 is 1.86. The Morgan fingerprint density at radius 2 is 1.10 bits per heavy atom. The molecule has 2 aromatic heterocycles. The second-order valence-corrected chi connectivity index (χ2v) is 13.6. The maximum absolute atomic E-state index is 6.66. The summed E-state index contributed by atoms with van der Waals surface area (Å²) in [6.07, 6.45) is 0. The normalized spacial score (nSPS) is 11.7. The van der Waals surface area contributed by atoms with Gasteiger partial charge in [0.05, 0.1) is 5.69 Å². The van der Waals surface area contributed by atoms with Crippen molar-refractivity contribution >= 4 is 81.3 Å². The van der Waals surface area contributed by atoms with E-state index in [1.54, 1.807) is 0 Å². The third kappa shape index (κ3) is 4.70. The minimum Gasteiger partial charge on any atom is -0.454 e. The average molecular weight is 644 g/mol. The van der Waals surface area contributed by atoms with Crippen LogP contribution in [0.5, 0.6) is 0 Å². The van der Waals surface area contributed by atoms with Gasteiger partial charge in [-0.2, -0.15) is 0 Å². The van der Waals surface area contributed by atoms with Gasteiger partial charge in [-0.05, 0) is 87.6 Å². The van der Waals surface area contributed by atoms with Crippen molar-refractivity contribution in [2.75, 3.05) is 4.90 Å². The number of anilines is 3. The van der Waals surface area contributed by atoms with E-state index in [0.29, 0.717) is 0 Å². The van der Waals surface area contributed by atoms with Crippen molar-refractivity contribution in [2.45, 2.75) is 0 Å². The van der Waals surface area contributed by atoms with Crippen LogP contribution in [0.15, 0.2) is 180 Å². The van der Waals surface area contributed by atoms with Gasteiger partial charge in [-0.1, -0.05) is 121 Å². The highest BCUT2D eigenvalue weighted by Gasteiger charge is 2.21.